The molecule has 0 radical (unpaired) electrons. The summed E-state index contributed by atoms with van der Waals surface area (Å²) >= 11 is 6.02. The predicted octanol–water partition coefficient (Wildman–Crippen LogP) is 3.54. The summed E-state index contributed by atoms with van der Waals surface area (Å²) < 4.78 is 25.6. The van der Waals surface area contributed by atoms with Gasteiger partial charge in [0, 0.05) is 30.2 Å². The van der Waals surface area contributed by atoms with Crippen LogP contribution in [0.15, 0.2) is 48.5 Å². The number of halogens is 1. The number of nitrogens with zero attached hydrogens (tertiary/aromatic N) is 2. The zero-order valence-corrected chi connectivity index (χ0v) is 16.1. The minimum absolute atomic E-state index is 0.133. The molecule has 1 amide bonds. The summed E-state index contributed by atoms with van der Waals surface area (Å²) in [6.45, 7) is 3.36. The van der Waals surface area contributed by atoms with Gasteiger partial charge in [0.25, 0.3) is 5.91 Å². The molecule has 1 aliphatic heterocycles. The van der Waals surface area contributed by atoms with Gasteiger partial charge < -0.3 is 4.90 Å². The molecule has 0 spiro atoms. The van der Waals surface area contributed by atoms with Crippen molar-refractivity contribution in [1.29, 1.82) is 0 Å². The molecule has 2 aromatic rings. The molecule has 0 saturated carbocycles. The minimum atomic E-state index is -3.27. The number of rotatable bonds is 5. The van der Waals surface area contributed by atoms with E-state index in [-0.39, 0.29) is 11.7 Å². The monoisotopic (exact) mass is 392 g/mol. The maximum absolute atomic E-state index is 12.9. The normalized spacial score (nSPS) is 15.8. The van der Waals surface area contributed by atoms with Crippen LogP contribution < -0.4 is 4.31 Å². The van der Waals surface area contributed by atoms with Crippen molar-refractivity contribution >= 4 is 33.2 Å². The molecule has 0 aliphatic carbocycles. The van der Waals surface area contributed by atoms with Gasteiger partial charge in [0.05, 0.1) is 11.4 Å². The topological polar surface area (TPSA) is 57.7 Å². The molecule has 0 bridgehead atoms. The standard InChI is InChI=1S/C19H21ClN2O3S/c1-2-21(14-15-6-3-8-17(20)12-15)19(23)16-7-4-9-18(13-16)22-10-5-11-26(22,24)25/h3-4,6-9,12-13H,2,5,10-11,14H2,1H3. The van der Waals surface area contributed by atoms with E-state index < -0.39 is 10.0 Å². The van der Waals surface area contributed by atoms with E-state index in [1.54, 1.807) is 35.2 Å². The highest BCUT2D eigenvalue weighted by Gasteiger charge is 2.29. The van der Waals surface area contributed by atoms with E-state index in [1.807, 2.05) is 25.1 Å². The molecule has 3 rings (SSSR count). The zero-order valence-electron chi connectivity index (χ0n) is 14.6. The third kappa shape index (κ3) is 4.02. The molecule has 0 unspecified atom stereocenters. The van der Waals surface area contributed by atoms with Crippen LogP contribution in [0.2, 0.25) is 5.02 Å². The molecular weight excluding hydrogens is 372 g/mol. The minimum Gasteiger partial charge on any atom is -0.335 e. The van der Waals surface area contributed by atoms with Crippen molar-refractivity contribution in [1.82, 2.24) is 4.90 Å². The SMILES string of the molecule is CCN(Cc1cccc(Cl)c1)C(=O)c1cccc(N2CCCS2(=O)=O)c1. The molecule has 5 nitrogen and oxygen atoms in total. The summed E-state index contributed by atoms with van der Waals surface area (Å²) in [5.74, 6) is 0.0204. The van der Waals surface area contributed by atoms with E-state index in [0.29, 0.717) is 42.3 Å². The highest BCUT2D eigenvalue weighted by atomic mass is 35.5. The predicted molar refractivity (Wildman–Crippen MR) is 104 cm³/mol. The summed E-state index contributed by atoms with van der Waals surface area (Å²) in [5.41, 5.74) is 1.98. The summed E-state index contributed by atoms with van der Waals surface area (Å²) in [7, 11) is -3.27. The van der Waals surface area contributed by atoms with Crippen molar-refractivity contribution < 1.29 is 13.2 Å². The third-order valence-electron chi connectivity index (χ3n) is 4.41. The van der Waals surface area contributed by atoms with Gasteiger partial charge in [0.1, 0.15) is 0 Å². The number of hydrogen-bond donors (Lipinski definition) is 0. The first-order valence-electron chi connectivity index (χ1n) is 8.55. The lowest BCUT2D eigenvalue weighted by Crippen LogP contribution is -2.31. The van der Waals surface area contributed by atoms with Crippen molar-refractivity contribution in [2.75, 3.05) is 23.1 Å². The Balaban J connectivity index is 1.83. The van der Waals surface area contributed by atoms with Crippen LogP contribution in [0.5, 0.6) is 0 Å². The Kier molecular flexibility index (Phi) is 5.53. The number of sulfonamides is 1. The Morgan fingerprint density at radius 3 is 2.62 bits per heavy atom. The number of anilines is 1. The molecule has 26 heavy (non-hydrogen) atoms. The van der Waals surface area contributed by atoms with Gasteiger partial charge >= 0.3 is 0 Å². The molecule has 0 N–H and O–H groups in total. The fourth-order valence-corrected chi connectivity index (χ4v) is 4.86. The van der Waals surface area contributed by atoms with Crippen LogP contribution in [0.3, 0.4) is 0 Å². The van der Waals surface area contributed by atoms with Gasteiger partial charge in [0.2, 0.25) is 10.0 Å². The van der Waals surface area contributed by atoms with Crippen molar-refractivity contribution in [2.24, 2.45) is 0 Å². The average Bonchev–Trinajstić information content (AvgIpc) is 2.98. The van der Waals surface area contributed by atoms with Crippen LogP contribution in [-0.2, 0) is 16.6 Å². The van der Waals surface area contributed by atoms with Crippen molar-refractivity contribution in [3.63, 3.8) is 0 Å². The molecule has 1 heterocycles. The van der Waals surface area contributed by atoms with Gasteiger partial charge in [-0.2, -0.15) is 0 Å². The second-order valence-electron chi connectivity index (χ2n) is 6.24. The Bertz CT molecular complexity index is 915. The van der Waals surface area contributed by atoms with Gasteiger partial charge in [-0.05, 0) is 49.2 Å². The fourth-order valence-electron chi connectivity index (χ4n) is 3.09. The summed E-state index contributed by atoms with van der Waals surface area (Å²) in [4.78, 5) is 14.6. The number of carbonyl (C=O) groups excluding carboxylic acids is 1. The van der Waals surface area contributed by atoms with E-state index in [9.17, 15) is 13.2 Å². The largest absolute Gasteiger partial charge is 0.335 e. The number of amides is 1. The summed E-state index contributed by atoms with van der Waals surface area (Å²) in [5, 5.41) is 0.632. The molecular formula is C19H21ClN2O3S. The zero-order chi connectivity index (χ0) is 18.7. The van der Waals surface area contributed by atoms with Crippen LogP contribution in [0, 0.1) is 0 Å². The molecule has 0 aromatic heterocycles. The van der Waals surface area contributed by atoms with E-state index in [1.165, 1.54) is 4.31 Å². The maximum Gasteiger partial charge on any atom is 0.254 e. The highest BCUT2D eigenvalue weighted by Crippen LogP contribution is 2.25. The van der Waals surface area contributed by atoms with E-state index >= 15 is 0 Å². The maximum atomic E-state index is 12.9. The lowest BCUT2D eigenvalue weighted by atomic mass is 10.1. The molecule has 7 heteroatoms. The number of carbonyl (C=O) groups is 1. The molecule has 138 valence electrons. The Morgan fingerprint density at radius 1 is 1.19 bits per heavy atom. The van der Waals surface area contributed by atoms with Crippen molar-refractivity contribution in [3.8, 4) is 0 Å². The van der Waals surface area contributed by atoms with E-state index in [4.69, 9.17) is 11.6 Å². The quantitative estimate of drug-likeness (QED) is 0.781. The molecule has 1 saturated heterocycles. The smallest absolute Gasteiger partial charge is 0.254 e. The average molecular weight is 393 g/mol. The Morgan fingerprint density at radius 2 is 1.96 bits per heavy atom. The van der Waals surface area contributed by atoms with E-state index in [2.05, 4.69) is 0 Å². The number of benzene rings is 2. The number of hydrogen-bond acceptors (Lipinski definition) is 3. The molecule has 1 fully saturated rings. The fraction of sp³-hybridized carbons (Fsp3) is 0.316. The first-order valence-corrected chi connectivity index (χ1v) is 10.5. The highest BCUT2D eigenvalue weighted by molar-refractivity contribution is 7.93. The first-order chi connectivity index (χ1) is 12.4. The van der Waals surface area contributed by atoms with Crippen LogP contribution in [0.1, 0.15) is 29.3 Å². The summed E-state index contributed by atoms with van der Waals surface area (Å²) in [6, 6.07) is 14.2. The van der Waals surface area contributed by atoms with Crippen LogP contribution in [-0.4, -0.2) is 38.1 Å². The second kappa shape index (κ2) is 7.68. The molecule has 2 aromatic carbocycles. The lowest BCUT2D eigenvalue weighted by Gasteiger charge is -2.22. The Hall–Kier alpha value is -2.05. The second-order valence-corrected chi connectivity index (χ2v) is 8.69. The van der Waals surface area contributed by atoms with Crippen LogP contribution >= 0.6 is 11.6 Å². The van der Waals surface area contributed by atoms with Gasteiger partial charge in [-0.1, -0.05) is 29.8 Å². The lowest BCUT2D eigenvalue weighted by molar-refractivity contribution is 0.0752. The molecule has 0 atom stereocenters. The van der Waals surface area contributed by atoms with Gasteiger partial charge in [-0.3, -0.25) is 9.10 Å². The van der Waals surface area contributed by atoms with Crippen molar-refractivity contribution in [3.05, 3.63) is 64.7 Å². The van der Waals surface area contributed by atoms with E-state index in [0.717, 1.165) is 5.56 Å². The third-order valence-corrected chi connectivity index (χ3v) is 6.52. The van der Waals surface area contributed by atoms with Gasteiger partial charge in [-0.15, -0.1) is 0 Å². The van der Waals surface area contributed by atoms with Crippen LogP contribution in [0.4, 0.5) is 5.69 Å². The Labute approximate surface area is 159 Å². The van der Waals surface area contributed by atoms with Gasteiger partial charge in [-0.25, -0.2) is 8.42 Å². The summed E-state index contributed by atoms with van der Waals surface area (Å²) in [6.07, 6.45) is 0.607. The van der Waals surface area contributed by atoms with Gasteiger partial charge in [0.15, 0.2) is 0 Å². The van der Waals surface area contributed by atoms with Crippen molar-refractivity contribution in [2.45, 2.75) is 19.9 Å². The molecule has 1 aliphatic rings. The van der Waals surface area contributed by atoms with Crippen LogP contribution in [0.25, 0.3) is 0 Å². The first kappa shape index (κ1) is 18.7.